The van der Waals surface area contributed by atoms with Crippen molar-refractivity contribution in [3.8, 4) is 0 Å². The van der Waals surface area contributed by atoms with Gasteiger partial charge in [-0.3, -0.25) is 4.79 Å². The van der Waals surface area contributed by atoms with Gasteiger partial charge < -0.3 is 20.5 Å². The molecule has 0 spiro atoms. The zero-order valence-electron chi connectivity index (χ0n) is 14.8. The van der Waals surface area contributed by atoms with E-state index in [2.05, 4.69) is 22.4 Å². The number of amides is 3. The van der Waals surface area contributed by atoms with Gasteiger partial charge in [0.05, 0.1) is 0 Å². The number of carbonyl (C=O) groups excluding carboxylic acids is 2. The number of nitrogens with one attached hydrogen (secondary N) is 1. The van der Waals surface area contributed by atoms with Crippen LogP contribution in [0.4, 0.5) is 4.79 Å². The minimum absolute atomic E-state index is 0.0429. The quantitative estimate of drug-likeness (QED) is 0.822. The molecule has 26 heavy (non-hydrogen) atoms. The van der Waals surface area contributed by atoms with Gasteiger partial charge in [-0.05, 0) is 24.8 Å². The summed E-state index contributed by atoms with van der Waals surface area (Å²) >= 11 is 0. The Morgan fingerprint density at radius 3 is 2.85 bits per heavy atom. The molecule has 0 saturated carbocycles. The monoisotopic (exact) mass is 355 g/mol. The summed E-state index contributed by atoms with van der Waals surface area (Å²) in [7, 11) is 0. The second-order valence-electron chi connectivity index (χ2n) is 6.63. The molecular weight excluding hydrogens is 330 g/mol. The van der Waals surface area contributed by atoms with Crippen molar-refractivity contribution in [3.63, 3.8) is 0 Å². The van der Waals surface area contributed by atoms with Gasteiger partial charge in [-0.1, -0.05) is 30.3 Å². The smallest absolute Gasteiger partial charge is 0.317 e. The lowest BCUT2D eigenvalue weighted by Crippen LogP contribution is -2.45. The number of aromatic nitrogens is 2. The van der Waals surface area contributed by atoms with Crippen LogP contribution >= 0.6 is 0 Å². The number of primary amides is 1. The minimum Gasteiger partial charge on any atom is -0.368 e. The standard InChI is InChI=1S/C19H25N5O2/c20-17(25)14-23-12-10-21-18(23)16-7-4-11-24(13-16)19(26)22-9-8-15-5-2-1-3-6-15/h1-3,5-6,10,12,16H,4,7-9,11,13-14H2,(H2,20,25)(H,22,26)/t16-/m1/s1. The summed E-state index contributed by atoms with van der Waals surface area (Å²) in [5.74, 6) is 0.555. The van der Waals surface area contributed by atoms with E-state index < -0.39 is 5.91 Å². The van der Waals surface area contributed by atoms with E-state index in [1.165, 1.54) is 5.56 Å². The first-order valence-corrected chi connectivity index (χ1v) is 8.99. The van der Waals surface area contributed by atoms with Crippen molar-refractivity contribution in [2.75, 3.05) is 19.6 Å². The fourth-order valence-electron chi connectivity index (χ4n) is 3.42. The lowest BCUT2D eigenvalue weighted by atomic mass is 9.97. The predicted molar refractivity (Wildman–Crippen MR) is 98.5 cm³/mol. The Balaban J connectivity index is 1.54. The Morgan fingerprint density at radius 1 is 1.27 bits per heavy atom. The van der Waals surface area contributed by atoms with E-state index in [0.29, 0.717) is 13.1 Å². The highest BCUT2D eigenvalue weighted by Gasteiger charge is 2.27. The van der Waals surface area contributed by atoms with Crippen molar-refractivity contribution in [1.29, 1.82) is 0 Å². The third kappa shape index (κ3) is 4.62. The molecule has 0 bridgehead atoms. The number of nitrogens with zero attached hydrogens (tertiary/aromatic N) is 3. The molecule has 1 atom stereocenters. The Morgan fingerprint density at radius 2 is 2.08 bits per heavy atom. The molecule has 7 heteroatoms. The molecule has 3 N–H and O–H groups in total. The Kier molecular flexibility index (Phi) is 5.88. The molecule has 1 aliphatic rings. The Bertz CT molecular complexity index is 743. The largest absolute Gasteiger partial charge is 0.368 e. The Hall–Kier alpha value is -2.83. The van der Waals surface area contributed by atoms with Crippen molar-refractivity contribution in [2.24, 2.45) is 5.73 Å². The normalized spacial score (nSPS) is 17.1. The van der Waals surface area contributed by atoms with Crippen LogP contribution in [0, 0.1) is 0 Å². The highest BCUT2D eigenvalue weighted by Crippen LogP contribution is 2.25. The van der Waals surface area contributed by atoms with Crippen molar-refractivity contribution in [2.45, 2.75) is 31.7 Å². The third-order valence-corrected chi connectivity index (χ3v) is 4.68. The van der Waals surface area contributed by atoms with E-state index in [1.807, 2.05) is 23.1 Å². The molecule has 1 saturated heterocycles. The average Bonchev–Trinajstić information content (AvgIpc) is 3.10. The summed E-state index contributed by atoms with van der Waals surface area (Å²) in [6, 6.07) is 10.1. The summed E-state index contributed by atoms with van der Waals surface area (Å²) in [5.41, 5.74) is 6.50. The van der Waals surface area contributed by atoms with Crippen molar-refractivity contribution in [3.05, 3.63) is 54.1 Å². The maximum Gasteiger partial charge on any atom is 0.317 e. The number of carbonyl (C=O) groups is 2. The van der Waals surface area contributed by atoms with E-state index in [9.17, 15) is 9.59 Å². The topological polar surface area (TPSA) is 93.2 Å². The van der Waals surface area contributed by atoms with Crippen LogP contribution in [0.5, 0.6) is 0 Å². The number of likely N-dealkylation sites (tertiary alicyclic amines) is 1. The number of nitrogens with two attached hydrogens (primary N) is 1. The number of hydrogen-bond donors (Lipinski definition) is 2. The van der Waals surface area contributed by atoms with Crippen molar-refractivity contribution < 1.29 is 9.59 Å². The van der Waals surface area contributed by atoms with Crippen LogP contribution < -0.4 is 11.1 Å². The second kappa shape index (κ2) is 8.51. The SMILES string of the molecule is NC(=O)Cn1ccnc1[C@@H]1CCCN(C(=O)NCCc2ccccc2)C1. The Labute approximate surface area is 153 Å². The molecule has 3 rings (SSSR count). The van der Waals surface area contributed by atoms with E-state index in [-0.39, 0.29) is 18.5 Å². The molecule has 138 valence electrons. The fraction of sp³-hybridized carbons (Fsp3) is 0.421. The molecular formula is C19H25N5O2. The van der Waals surface area contributed by atoms with Gasteiger partial charge in [0, 0.05) is 37.9 Å². The van der Waals surface area contributed by atoms with Gasteiger partial charge in [0.1, 0.15) is 12.4 Å². The molecule has 1 aromatic heterocycles. The second-order valence-corrected chi connectivity index (χ2v) is 6.63. The average molecular weight is 355 g/mol. The summed E-state index contributed by atoms with van der Waals surface area (Å²) < 4.78 is 1.78. The van der Waals surface area contributed by atoms with Crippen LogP contribution in [0.1, 0.15) is 30.1 Å². The maximum atomic E-state index is 12.5. The van der Waals surface area contributed by atoms with Crippen LogP contribution in [0.15, 0.2) is 42.7 Å². The number of rotatable bonds is 6. The van der Waals surface area contributed by atoms with Crippen LogP contribution in [0.3, 0.4) is 0 Å². The molecule has 1 aromatic carbocycles. The van der Waals surface area contributed by atoms with Crippen LogP contribution in [0.2, 0.25) is 0 Å². The molecule has 2 aromatic rings. The molecule has 1 aliphatic heterocycles. The van der Waals surface area contributed by atoms with Gasteiger partial charge in [0.15, 0.2) is 0 Å². The summed E-state index contributed by atoms with van der Waals surface area (Å²) in [6.45, 7) is 2.08. The molecule has 2 heterocycles. The highest BCUT2D eigenvalue weighted by atomic mass is 16.2. The molecule has 3 amide bonds. The van der Waals surface area contributed by atoms with Gasteiger partial charge >= 0.3 is 6.03 Å². The van der Waals surface area contributed by atoms with Crippen LogP contribution in [-0.2, 0) is 17.8 Å². The van der Waals surface area contributed by atoms with Gasteiger partial charge in [-0.15, -0.1) is 0 Å². The first-order chi connectivity index (χ1) is 12.6. The number of hydrogen-bond acceptors (Lipinski definition) is 3. The third-order valence-electron chi connectivity index (χ3n) is 4.68. The summed E-state index contributed by atoms with van der Waals surface area (Å²) in [5, 5.41) is 3.00. The zero-order chi connectivity index (χ0) is 18.4. The van der Waals surface area contributed by atoms with Crippen molar-refractivity contribution in [1.82, 2.24) is 19.8 Å². The van der Waals surface area contributed by atoms with E-state index in [0.717, 1.165) is 31.6 Å². The highest BCUT2D eigenvalue weighted by molar-refractivity contribution is 5.74. The van der Waals surface area contributed by atoms with Gasteiger partial charge in [-0.2, -0.15) is 0 Å². The maximum absolute atomic E-state index is 12.5. The first-order valence-electron chi connectivity index (χ1n) is 8.99. The zero-order valence-corrected chi connectivity index (χ0v) is 14.8. The predicted octanol–water partition coefficient (Wildman–Crippen LogP) is 1.50. The summed E-state index contributed by atoms with van der Waals surface area (Å²) in [6.07, 6.45) is 6.12. The number of benzene rings is 1. The summed E-state index contributed by atoms with van der Waals surface area (Å²) in [4.78, 5) is 29.9. The van der Waals surface area contributed by atoms with Gasteiger partial charge in [-0.25, -0.2) is 9.78 Å². The van der Waals surface area contributed by atoms with Crippen LogP contribution in [0.25, 0.3) is 0 Å². The number of urea groups is 1. The molecule has 7 nitrogen and oxygen atoms in total. The fourth-order valence-corrected chi connectivity index (χ4v) is 3.42. The van der Waals surface area contributed by atoms with Crippen molar-refractivity contribution >= 4 is 11.9 Å². The number of piperidine rings is 1. The van der Waals surface area contributed by atoms with Gasteiger partial charge in [0.25, 0.3) is 0 Å². The number of imidazole rings is 1. The molecule has 0 aliphatic carbocycles. The van der Waals surface area contributed by atoms with Crippen LogP contribution in [-0.4, -0.2) is 46.0 Å². The lowest BCUT2D eigenvalue weighted by molar-refractivity contribution is -0.118. The van der Waals surface area contributed by atoms with E-state index >= 15 is 0 Å². The molecule has 0 unspecified atom stereocenters. The molecule has 0 radical (unpaired) electrons. The molecule has 1 fully saturated rings. The van der Waals surface area contributed by atoms with Gasteiger partial charge in [0.2, 0.25) is 5.91 Å². The first kappa shape index (κ1) is 18.0. The van der Waals surface area contributed by atoms with E-state index in [4.69, 9.17) is 5.73 Å². The lowest BCUT2D eigenvalue weighted by Gasteiger charge is -2.32. The minimum atomic E-state index is -0.393. The van der Waals surface area contributed by atoms with E-state index in [1.54, 1.807) is 17.0 Å².